The van der Waals surface area contributed by atoms with Crippen LogP contribution in [0.25, 0.3) is 0 Å². The van der Waals surface area contributed by atoms with Crippen LogP contribution in [0.2, 0.25) is 10.3 Å². The molecule has 0 aliphatic rings. The largest absolute Gasteiger partial charge is 0.318 e. The van der Waals surface area contributed by atoms with Crippen LogP contribution in [0.4, 0.5) is 5.69 Å². The summed E-state index contributed by atoms with van der Waals surface area (Å²) < 4.78 is 0.581. The smallest absolute Gasteiger partial charge is 0.274 e. The van der Waals surface area contributed by atoms with Crippen molar-refractivity contribution < 1.29 is 4.79 Å². The van der Waals surface area contributed by atoms with E-state index in [2.05, 4.69) is 31.2 Å². The van der Waals surface area contributed by atoms with Crippen molar-refractivity contribution >= 4 is 50.7 Å². The second-order valence-electron chi connectivity index (χ2n) is 3.73. The second-order valence-corrected chi connectivity index (χ2v) is 5.29. The molecule has 0 aromatic carbocycles. The zero-order chi connectivity index (χ0) is 14.0. The second kappa shape index (κ2) is 5.86. The molecule has 0 fully saturated rings. The molecule has 98 valence electrons. The van der Waals surface area contributed by atoms with Gasteiger partial charge in [0.15, 0.2) is 5.15 Å². The van der Waals surface area contributed by atoms with Crippen molar-refractivity contribution in [1.82, 2.24) is 9.97 Å². The summed E-state index contributed by atoms with van der Waals surface area (Å²) in [6.45, 7) is 1.78. The van der Waals surface area contributed by atoms with E-state index in [1.807, 2.05) is 0 Å². The van der Waals surface area contributed by atoms with E-state index < -0.39 is 0 Å². The van der Waals surface area contributed by atoms with E-state index in [0.29, 0.717) is 10.3 Å². The first-order chi connectivity index (χ1) is 8.97. The van der Waals surface area contributed by atoms with Gasteiger partial charge in [0.25, 0.3) is 5.91 Å². The van der Waals surface area contributed by atoms with E-state index in [4.69, 9.17) is 23.2 Å². The van der Waals surface area contributed by atoms with E-state index in [1.54, 1.807) is 31.2 Å². The lowest BCUT2D eigenvalue weighted by molar-refractivity contribution is 0.102. The number of hydrogen-bond donors (Lipinski definition) is 1. The van der Waals surface area contributed by atoms with Crippen molar-refractivity contribution in [2.75, 3.05) is 5.32 Å². The molecule has 0 aliphatic carbocycles. The zero-order valence-electron chi connectivity index (χ0n) is 9.75. The van der Waals surface area contributed by atoms with Crippen LogP contribution in [0.3, 0.4) is 0 Å². The normalized spacial score (nSPS) is 10.3. The summed E-state index contributed by atoms with van der Waals surface area (Å²) in [6, 6.07) is 6.68. The van der Waals surface area contributed by atoms with Crippen LogP contribution in [-0.4, -0.2) is 15.9 Å². The van der Waals surface area contributed by atoms with Crippen molar-refractivity contribution in [1.29, 1.82) is 0 Å². The Hall–Kier alpha value is -1.17. The molecule has 0 aliphatic heterocycles. The molecular formula is C12H8BrCl2N3O. The van der Waals surface area contributed by atoms with E-state index >= 15 is 0 Å². The number of carbonyl (C=O) groups is 1. The van der Waals surface area contributed by atoms with Gasteiger partial charge in [0.05, 0.1) is 5.69 Å². The average molecular weight is 361 g/mol. The summed E-state index contributed by atoms with van der Waals surface area (Å²) in [6.07, 6.45) is 0. The van der Waals surface area contributed by atoms with Gasteiger partial charge in [0, 0.05) is 0 Å². The predicted molar refractivity (Wildman–Crippen MR) is 78.9 cm³/mol. The third-order valence-corrected chi connectivity index (χ3v) is 3.24. The molecule has 0 saturated heterocycles. The molecule has 19 heavy (non-hydrogen) atoms. The highest BCUT2D eigenvalue weighted by atomic mass is 79.9. The molecule has 2 rings (SSSR count). The Labute approximate surface area is 128 Å². The lowest BCUT2D eigenvalue weighted by Gasteiger charge is -2.09. The topological polar surface area (TPSA) is 54.9 Å². The fraction of sp³-hybridized carbons (Fsp3) is 0.0833. The van der Waals surface area contributed by atoms with Crippen molar-refractivity contribution in [2.45, 2.75) is 6.92 Å². The van der Waals surface area contributed by atoms with E-state index in [1.165, 1.54) is 0 Å². The molecule has 1 N–H and O–H groups in total. The van der Waals surface area contributed by atoms with Crippen LogP contribution in [0, 0.1) is 6.92 Å². The van der Waals surface area contributed by atoms with Crippen LogP contribution in [0.1, 0.15) is 16.1 Å². The van der Waals surface area contributed by atoms with Gasteiger partial charge in [0.2, 0.25) is 0 Å². The maximum Gasteiger partial charge on any atom is 0.274 e. The first-order valence-electron chi connectivity index (χ1n) is 5.24. The number of amides is 1. The Balaban J connectivity index is 2.29. The number of anilines is 1. The summed E-state index contributed by atoms with van der Waals surface area (Å²) in [5.41, 5.74) is 1.44. The molecule has 0 spiro atoms. The minimum Gasteiger partial charge on any atom is -0.318 e. The van der Waals surface area contributed by atoms with Crippen LogP contribution < -0.4 is 5.32 Å². The van der Waals surface area contributed by atoms with Gasteiger partial charge >= 0.3 is 0 Å². The maximum atomic E-state index is 12.0. The molecule has 2 heterocycles. The number of aryl methyl sites for hydroxylation is 1. The predicted octanol–water partition coefficient (Wildman–Crippen LogP) is 4.11. The van der Waals surface area contributed by atoms with E-state index in [-0.39, 0.29) is 21.9 Å². The Morgan fingerprint density at radius 3 is 2.68 bits per heavy atom. The first kappa shape index (κ1) is 14.2. The third-order valence-electron chi connectivity index (χ3n) is 2.33. The highest BCUT2D eigenvalue weighted by Crippen LogP contribution is 2.26. The van der Waals surface area contributed by atoms with Crippen LogP contribution in [-0.2, 0) is 0 Å². The monoisotopic (exact) mass is 359 g/mol. The number of halogens is 3. The number of hydrogen-bond acceptors (Lipinski definition) is 3. The summed E-state index contributed by atoms with van der Waals surface area (Å²) in [5.74, 6) is -0.365. The van der Waals surface area contributed by atoms with Crippen molar-refractivity contribution in [3.63, 3.8) is 0 Å². The molecule has 4 nitrogen and oxygen atoms in total. The van der Waals surface area contributed by atoms with Gasteiger partial charge in [-0.2, -0.15) is 0 Å². The number of nitrogens with one attached hydrogen (secondary N) is 1. The standard InChI is InChI=1S/C12H8BrCl2N3O/c1-6-5-9(14)17-11(15)10(6)18-12(19)7-3-2-4-8(13)16-7/h2-5H,1H3,(H,18,19). The molecule has 1 amide bonds. The summed E-state index contributed by atoms with van der Waals surface area (Å²) in [7, 11) is 0. The van der Waals surface area contributed by atoms with Crippen LogP contribution >= 0.6 is 39.1 Å². The minimum atomic E-state index is -0.365. The quantitative estimate of drug-likeness (QED) is 0.820. The summed E-state index contributed by atoms with van der Waals surface area (Å²) in [5, 5.41) is 3.10. The minimum absolute atomic E-state index is 0.147. The highest BCUT2D eigenvalue weighted by Gasteiger charge is 2.13. The molecule has 0 saturated carbocycles. The molecular weight excluding hydrogens is 353 g/mol. The fourth-order valence-corrected chi connectivity index (χ4v) is 2.38. The summed E-state index contributed by atoms with van der Waals surface area (Å²) >= 11 is 14.9. The molecule has 0 radical (unpaired) electrons. The van der Waals surface area contributed by atoms with Crippen molar-refractivity contribution in [3.05, 3.63) is 50.4 Å². The van der Waals surface area contributed by atoms with Gasteiger partial charge in [0.1, 0.15) is 15.5 Å². The summed E-state index contributed by atoms with van der Waals surface area (Å²) in [4.78, 5) is 20.0. The number of pyridine rings is 2. The fourth-order valence-electron chi connectivity index (χ4n) is 1.46. The highest BCUT2D eigenvalue weighted by molar-refractivity contribution is 9.10. The Morgan fingerprint density at radius 1 is 1.32 bits per heavy atom. The number of carbonyl (C=O) groups excluding carboxylic acids is 1. The molecule has 0 unspecified atom stereocenters. The van der Waals surface area contributed by atoms with Gasteiger partial charge in [-0.05, 0) is 46.6 Å². The lowest BCUT2D eigenvalue weighted by atomic mass is 10.2. The van der Waals surface area contributed by atoms with Gasteiger partial charge in [-0.3, -0.25) is 4.79 Å². The lowest BCUT2D eigenvalue weighted by Crippen LogP contribution is -2.15. The first-order valence-corrected chi connectivity index (χ1v) is 6.79. The van der Waals surface area contributed by atoms with Crippen LogP contribution in [0.15, 0.2) is 28.9 Å². The van der Waals surface area contributed by atoms with Crippen LogP contribution in [0.5, 0.6) is 0 Å². The number of aromatic nitrogens is 2. The molecule has 2 aromatic heterocycles. The maximum absolute atomic E-state index is 12.0. The Bertz CT molecular complexity index is 626. The zero-order valence-corrected chi connectivity index (χ0v) is 12.8. The van der Waals surface area contributed by atoms with Crippen molar-refractivity contribution in [3.8, 4) is 0 Å². The molecule has 0 atom stereocenters. The Kier molecular flexibility index (Phi) is 4.39. The average Bonchev–Trinajstić information content (AvgIpc) is 2.33. The van der Waals surface area contributed by atoms with Crippen molar-refractivity contribution in [2.24, 2.45) is 0 Å². The molecule has 0 bridgehead atoms. The molecule has 2 aromatic rings. The third kappa shape index (κ3) is 3.43. The van der Waals surface area contributed by atoms with Gasteiger partial charge in [-0.25, -0.2) is 9.97 Å². The number of nitrogens with zero attached hydrogens (tertiary/aromatic N) is 2. The SMILES string of the molecule is Cc1cc(Cl)nc(Cl)c1NC(=O)c1cccc(Br)n1. The van der Waals surface area contributed by atoms with Gasteiger partial charge in [-0.15, -0.1) is 0 Å². The van der Waals surface area contributed by atoms with Gasteiger partial charge in [-0.1, -0.05) is 29.3 Å². The molecule has 7 heteroatoms. The van der Waals surface area contributed by atoms with E-state index in [0.717, 1.165) is 5.56 Å². The Morgan fingerprint density at radius 2 is 2.05 bits per heavy atom. The number of rotatable bonds is 2. The van der Waals surface area contributed by atoms with E-state index in [9.17, 15) is 4.79 Å². The van der Waals surface area contributed by atoms with Gasteiger partial charge < -0.3 is 5.32 Å².